The van der Waals surface area contributed by atoms with Crippen LogP contribution in [0.1, 0.15) is 50.6 Å². The lowest BCUT2D eigenvalue weighted by Gasteiger charge is -2.34. The Balaban J connectivity index is 2.21. The molecule has 0 radical (unpaired) electrons. The summed E-state index contributed by atoms with van der Waals surface area (Å²) in [4.78, 5) is 35.2. The highest BCUT2D eigenvalue weighted by Crippen LogP contribution is 2.37. The maximum atomic E-state index is 13.2. The van der Waals surface area contributed by atoms with E-state index in [-0.39, 0.29) is 24.9 Å². The Morgan fingerprint density at radius 2 is 2.07 bits per heavy atom. The summed E-state index contributed by atoms with van der Waals surface area (Å²) in [5, 5.41) is 8.26. The molecule has 2 unspecified atom stereocenters. The van der Waals surface area contributed by atoms with Crippen molar-refractivity contribution in [1.29, 1.82) is 0 Å². The van der Waals surface area contributed by atoms with Crippen LogP contribution in [0.25, 0.3) is 0 Å². The number of methoxy groups -OCH3 is 1. The van der Waals surface area contributed by atoms with Gasteiger partial charge < -0.3 is 15.4 Å². The summed E-state index contributed by atoms with van der Waals surface area (Å²) in [5.74, 6) is 0.0147. The van der Waals surface area contributed by atoms with Gasteiger partial charge in [-0.15, -0.1) is 0 Å². The zero-order valence-corrected chi connectivity index (χ0v) is 17.1. The summed E-state index contributed by atoms with van der Waals surface area (Å²) in [6, 6.07) is 6.66. The monoisotopic (exact) mass is 409 g/mol. The van der Waals surface area contributed by atoms with Crippen molar-refractivity contribution in [2.24, 2.45) is 5.92 Å². The van der Waals surface area contributed by atoms with Crippen molar-refractivity contribution in [1.82, 2.24) is 16.0 Å². The van der Waals surface area contributed by atoms with Gasteiger partial charge in [-0.1, -0.05) is 43.5 Å². The van der Waals surface area contributed by atoms with Crippen LogP contribution in [-0.2, 0) is 14.3 Å². The highest BCUT2D eigenvalue weighted by molar-refractivity contribution is 6.30. The lowest BCUT2D eigenvalue weighted by molar-refractivity contribution is -0.144. The van der Waals surface area contributed by atoms with Crippen LogP contribution in [0.3, 0.4) is 0 Å². The van der Waals surface area contributed by atoms with Gasteiger partial charge in [0.25, 0.3) is 5.91 Å². The summed E-state index contributed by atoms with van der Waals surface area (Å²) < 4.78 is 5.53. The molecule has 0 aliphatic heterocycles. The minimum atomic E-state index is -1.24. The summed E-state index contributed by atoms with van der Waals surface area (Å²) in [5.41, 5.74) is -0.282. The van der Waals surface area contributed by atoms with E-state index in [4.69, 9.17) is 16.3 Å². The van der Waals surface area contributed by atoms with Crippen LogP contribution < -0.4 is 16.0 Å². The molecule has 0 heterocycles. The van der Waals surface area contributed by atoms with Crippen molar-refractivity contribution in [3.05, 3.63) is 34.9 Å². The van der Waals surface area contributed by atoms with E-state index >= 15 is 0 Å². The first-order valence-corrected chi connectivity index (χ1v) is 9.93. The Morgan fingerprint density at radius 1 is 1.36 bits per heavy atom. The highest BCUT2D eigenvalue weighted by Gasteiger charge is 2.40. The number of ether oxygens (including phenoxy) is 1. The Morgan fingerprint density at radius 3 is 2.64 bits per heavy atom. The molecule has 0 bridgehead atoms. The van der Waals surface area contributed by atoms with E-state index in [0.29, 0.717) is 17.4 Å². The molecule has 1 aromatic rings. The molecule has 1 aliphatic rings. The predicted octanol–water partition coefficient (Wildman–Crippen LogP) is 2.94. The van der Waals surface area contributed by atoms with E-state index in [1.54, 1.807) is 6.07 Å². The highest BCUT2D eigenvalue weighted by atomic mass is 35.5. The van der Waals surface area contributed by atoms with Gasteiger partial charge in [-0.05, 0) is 42.9 Å². The third-order valence-corrected chi connectivity index (χ3v) is 5.70. The first-order valence-electron chi connectivity index (χ1n) is 9.55. The largest absolute Gasteiger partial charge is 0.367 e. The van der Waals surface area contributed by atoms with Crippen LogP contribution in [-0.4, -0.2) is 37.6 Å². The number of amides is 4. The van der Waals surface area contributed by atoms with Gasteiger partial charge in [-0.25, -0.2) is 4.79 Å². The lowest BCUT2D eigenvalue weighted by Crippen LogP contribution is -2.57. The fraction of sp³-hybridized carbons (Fsp3) is 0.550. The second-order valence-corrected chi connectivity index (χ2v) is 7.48. The molecule has 7 nitrogen and oxygen atoms in total. The van der Waals surface area contributed by atoms with Crippen LogP contribution in [0.15, 0.2) is 24.3 Å². The number of benzene rings is 1. The molecule has 4 amide bonds. The van der Waals surface area contributed by atoms with Crippen molar-refractivity contribution in [3.8, 4) is 0 Å². The minimum absolute atomic E-state index is 0.0571. The summed E-state index contributed by atoms with van der Waals surface area (Å²) in [6.45, 7) is 1.75. The number of nitrogens with one attached hydrogen (secondary N) is 3. The Labute approximate surface area is 170 Å². The molecule has 8 heteroatoms. The number of carbonyl (C=O) groups is 3. The van der Waals surface area contributed by atoms with Crippen LogP contribution in [0.5, 0.6) is 0 Å². The minimum Gasteiger partial charge on any atom is -0.367 e. The Hall–Kier alpha value is -2.12. The molecule has 0 spiro atoms. The fourth-order valence-electron chi connectivity index (χ4n) is 3.74. The van der Waals surface area contributed by atoms with Crippen LogP contribution in [0.4, 0.5) is 4.79 Å². The second-order valence-electron chi connectivity index (χ2n) is 7.05. The van der Waals surface area contributed by atoms with E-state index in [1.807, 2.05) is 30.4 Å². The predicted molar refractivity (Wildman–Crippen MR) is 107 cm³/mol. The van der Waals surface area contributed by atoms with Crippen molar-refractivity contribution >= 4 is 29.9 Å². The van der Waals surface area contributed by atoms with Crippen molar-refractivity contribution in [2.75, 3.05) is 13.7 Å². The zero-order chi connectivity index (χ0) is 20.6. The average molecular weight is 410 g/mol. The van der Waals surface area contributed by atoms with Crippen molar-refractivity contribution < 1.29 is 19.1 Å². The van der Waals surface area contributed by atoms with Crippen molar-refractivity contribution in [2.45, 2.75) is 50.7 Å². The maximum absolute atomic E-state index is 13.2. The molecule has 28 heavy (non-hydrogen) atoms. The van der Waals surface area contributed by atoms with E-state index < -0.39 is 11.6 Å². The zero-order valence-electron chi connectivity index (χ0n) is 16.3. The van der Waals surface area contributed by atoms with Gasteiger partial charge in [-0.3, -0.25) is 14.9 Å². The van der Waals surface area contributed by atoms with Gasteiger partial charge in [0.05, 0.1) is 12.6 Å². The third-order valence-electron chi connectivity index (χ3n) is 5.47. The SMILES string of the molecule is CCC(CNC(=O)NC=O)(OC)C(=O)NC(c1cccc(Cl)c1)C1CCCC1. The third kappa shape index (κ3) is 5.45. The lowest BCUT2D eigenvalue weighted by atomic mass is 9.90. The molecule has 1 saturated carbocycles. The molecule has 3 N–H and O–H groups in total. The molecule has 1 aromatic carbocycles. The quantitative estimate of drug-likeness (QED) is 0.546. The van der Waals surface area contributed by atoms with E-state index in [9.17, 15) is 14.4 Å². The van der Waals surface area contributed by atoms with Crippen LogP contribution in [0, 0.1) is 5.92 Å². The number of hydrogen-bond donors (Lipinski definition) is 3. The number of urea groups is 1. The van der Waals surface area contributed by atoms with E-state index in [2.05, 4.69) is 10.6 Å². The molecule has 2 rings (SSSR count). The summed E-state index contributed by atoms with van der Waals surface area (Å²) in [7, 11) is 1.44. The number of imide groups is 1. The average Bonchev–Trinajstić information content (AvgIpc) is 3.22. The molecule has 1 aliphatic carbocycles. The molecule has 0 saturated heterocycles. The number of carbonyl (C=O) groups excluding carboxylic acids is 3. The van der Waals surface area contributed by atoms with Crippen LogP contribution in [0.2, 0.25) is 5.02 Å². The fourth-order valence-corrected chi connectivity index (χ4v) is 3.94. The smallest absolute Gasteiger partial charge is 0.321 e. The Kier molecular flexibility index (Phi) is 8.26. The number of halogens is 1. The first kappa shape index (κ1) is 22.2. The number of hydrogen-bond acceptors (Lipinski definition) is 4. The molecule has 0 aromatic heterocycles. The molecule has 154 valence electrons. The Bertz CT molecular complexity index is 688. The summed E-state index contributed by atoms with van der Waals surface area (Å²) in [6.07, 6.45) is 4.96. The van der Waals surface area contributed by atoms with Crippen LogP contribution >= 0.6 is 11.6 Å². The van der Waals surface area contributed by atoms with Gasteiger partial charge in [0.1, 0.15) is 0 Å². The van der Waals surface area contributed by atoms with Gasteiger partial charge in [-0.2, -0.15) is 0 Å². The standard InChI is InChI=1S/C20H28ClN3O4/c1-3-20(28-2,12-22-19(27)23-13-25)18(26)24-17(14-7-4-5-8-14)15-9-6-10-16(21)11-15/h6,9-11,13-14,17H,3-5,7-8,12H2,1-2H3,(H,24,26)(H2,22,23,25,27). The number of rotatable bonds is 9. The second kappa shape index (κ2) is 10.4. The summed E-state index contributed by atoms with van der Waals surface area (Å²) >= 11 is 6.17. The molecular formula is C20H28ClN3O4. The van der Waals surface area contributed by atoms with Gasteiger partial charge in [0, 0.05) is 12.1 Å². The maximum Gasteiger partial charge on any atom is 0.321 e. The van der Waals surface area contributed by atoms with Gasteiger partial charge in [0.2, 0.25) is 6.41 Å². The molecule has 2 atom stereocenters. The molecule has 1 fully saturated rings. The van der Waals surface area contributed by atoms with Gasteiger partial charge in [0.15, 0.2) is 5.60 Å². The first-order chi connectivity index (χ1) is 13.5. The van der Waals surface area contributed by atoms with E-state index in [1.165, 1.54) is 7.11 Å². The molecular weight excluding hydrogens is 382 g/mol. The topological polar surface area (TPSA) is 96.5 Å². The van der Waals surface area contributed by atoms with E-state index in [0.717, 1.165) is 31.2 Å². The normalized spacial score (nSPS) is 17.4. The van der Waals surface area contributed by atoms with Gasteiger partial charge >= 0.3 is 6.03 Å². The van der Waals surface area contributed by atoms with Crippen molar-refractivity contribution in [3.63, 3.8) is 0 Å².